The first-order chi connectivity index (χ1) is 14.9. The third-order valence-electron chi connectivity index (χ3n) is 5.26. The van der Waals surface area contributed by atoms with E-state index >= 15 is 0 Å². The van der Waals surface area contributed by atoms with E-state index in [0.717, 1.165) is 28.1 Å². The Bertz CT molecular complexity index is 1150. The number of hydrogen-bond acceptors (Lipinski definition) is 6. The van der Waals surface area contributed by atoms with Gasteiger partial charge in [0.15, 0.2) is 0 Å². The van der Waals surface area contributed by atoms with Gasteiger partial charge in [0, 0.05) is 11.8 Å². The number of anilines is 2. The molecule has 2 heterocycles. The third kappa shape index (κ3) is 4.26. The van der Waals surface area contributed by atoms with Crippen LogP contribution in [0.5, 0.6) is 5.75 Å². The summed E-state index contributed by atoms with van der Waals surface area (Å²) in [6, 6.07) is 17.3. The smallest absolute Gasteiger partial charge is 0.273 e. The summed E-state index contributed by atoms with van der Waals surface area (Å²) < 4.78 is 6.91. The topological polar surface area (TPSA) is 80.2 Å². The van der Waals surface area contributed by atoms with Crippen molar-refractivity contribution in [3.63, 3.8) is 0 Å². The molecule has 0 spiro atoms. The summed E-state index contributed by atoms with van der Waals surface area (Å²) in [6.07, 6.45) is 0. The van der Waals surface area contributed by atoms with Crippen LogP contribution in [0.15, 0.2) is 66.0 Å². The standard InChI is InChI=1S/C24H27N5O2/c1-5-31-21-12-10-19(11-13-21)25-15-20-14-22(30)29-23(26-20)27-24(4,28-29)18-8-6-17(7-9-18)16(2)3/h6-14,25,28H,2,5,15H2,1,3-4H3,(H,26,27). The maximum absolute atomic E-state index is 12.7. The first-order valence-electron chi connectivity index (χ1n) is 10.3. The molecule has 1 aliphatic heterocycles. The number of aromatic nitrogens is 2. The molecule has 3 N–H and O–H groups in total. The van der Waals surface area contributed by atoms with Crippen molar-refractivity contribution in [2.45, 2.75) is 33.0 Å². The summed E-state index contributed by atoms with van der Waals surface area (Å²) >= 11 is 0. The van der Waals surface area contributed by atoms with E-state index in [1.807, 2.05) is 69.3 Å². The normalized spacial score (nSPS) is 16.7. The molecule has 2 aromatic carbocycles. The van der Waals surface area contributed by atoms with Crippen molar-refractivity contribution in [2.24, 2.45) is 0 Å². The molecule has 0 saturated carbocycles. The fourth-order valence-electron chi connectivity index (χ4n) is 3.54. The Morgan fingerprint density at radius 1 is 1.19 bits per heavy atom. The highest BCUT2D eigenvalue weighted by atomic mass is 16.5. The highest BCUT2D eigenvalue weighted by Gasteiger charge is 2.35. The minimum Gasteiger partial charge on any atom is -0.494 e. The van der Waals surface area contributed by atoms with Gasteiger partial charge in [0.05, 0.1) is 18.8 Å². The number of nitrogens with zero attached hydrogens (tertiary/aromatic N) is 2. The Hall–Kier alpha value is -3.74. The van der Waals surface area contributed by atoms with Crippen LogP contribution < -0.4 is 26.4 Å². The van der Waals surface area contributed by atoms with E-state index in [0.29, 0.717) is 24.8 Å². The Morgan fingerprint density at radius 3 is 2.55 bits per heavy atom. The lowest BCUT2D eigenvalue weighted by Gasteiger charge is -2.25. The molecule has 1 atom stereocenters. The molecule has 1 aromatic heterocycles. The average Bonchev–Trinajstić information content (AvgIpc) is 3.12. The molecule has 1 unspecified atom stereocenters. The molecule has 31 heavy (non-hydrogen) atoms. The summed E-state index contributed by atoms with van der Waals surface area (Å²) in [5, 5.41) is 6.65. The van der Waals surface area contributed by atoms with Gasteiger partial charge in [-0.3, -0.25) is 10.2 Å². The zero-order chi connectivity index (χ0) is 22.0. The maximum atomic E-state index is 12.7. The van der Waals surface area contributed by atoms with E-state index in [2.05, 4.69) is 27.6 Å². The van der Waals surface area contributed by atoms with Gasteiger partial charge in [-0.25, -0.2) is 4.98 Å². The Kier molecular flexibility index (Phi) is 5.42. The Morgan fingerprint density at radius 2 is 1.90 bits per heavy atom. The number of nitrogens with one attached hydrogen (secondary N) is 3. The van der Waals surface area contributed by atoms with Gasteiger partial charge in [0.1, 0.15) is 11.4 Å². The first kappa shape index (κ1) is 20.5. The molecule has 3 aromatic rings. The summed E-state index contributed by atoms with van der Waals surface area (Å²) in [5.74, 6) is 1.32. The lowest BCUT2D eigenvalue weighted by molar-refractivity contribution is 0.340. The van der Waals surface area contributed by atoms with Gasteiger partial charge in [-0.15, -0.1) is 0 Å². The van der Waals surface area contributed by atoms with E-state index in [9.17, 15) is 4.79 Å². The van der Waals surface area contributed by atoms with Crippen molar-refractivity contribution in [2.75, 3.05) is 22.7 Å². The predicted octanol–water partition coefficient (Wildman–Crippen LogP) is 4.13. The number of benzene rings is 2. The number of rotatable bonds is 7. The van der Waals surface area contributed by atoms with Crippen LogP contribution >= 0.6 is 0 Å². The predicted molar refractivity (Wildman–Crippen MR) is 125 cm³/mol. The van der Waals surface area contributed by atoms with Crippen LogP contribution in [0.1, 0.15) is 37.6 Å². The van der Waals surface area contributed by atoms with Gasteiger partial charge < -0.3 is 15.4 Å². The highest BCUT2D eigenvalue weighted by Crippen LogP contribution is 2.29. The molecule has 4 rings (SSSR count). The zero-order valence-corrected chi connectivity index (χ0v) is 18.0. The number of fused-ring (bicyclic) bond motifs is 1. The zero-order valence-electron chi connectivity index (χ0n) is 18.0. The SMILES string of the molecule is C=C(C)c1ccc(C2(C)Nc3nc(CNc4ccc(OCC)cc4)cc(=O)n3N2)cc1. The van der Waals surface area contributed by atoms with Crippen molar-refractivity contribution in [3.8, 4) is 5.75 Å². The van der Waals surface area contributed by atoms with Gasteiger partial charge >= 0.3 is 0 Å². The van der Waals surface area contributed by atoms with Crippen LogP contribution in [0.2, 0.25) is 0 Å². The quantitative estimate of drug-likeness (QED) is 0.536. The highest BCUT2D eigenvalue weighted by molar-refractivity contribution is 5.62. The molecule has 160 valence electrons. The molecule has 0 radical (unpaired) electrons. The lowest BCUT2D eigenvalue weighted by Crippen LogP contribution is -2.39. The summed E-state index contributed by atoms with van der Waals surface area (Å²) in [7, 11) is 0. The lowest BCUT2D eigenvalue weighted by atomic mass is 9.99. The molecular weight excluding hydrogens is 390 g/mol. The Labute approximate surface area is 181 Å². The van der Waals surface area contributed by atoms with Crippen LogP contribution in [-0.2, 0) is 12.2 Å². The molecule has 7 heteroatoms. The molecule has 0 saturated heterocycles. The number of allylic oxidation sites excluding steroid dienone is 1. The molecular formula is C24H27N5O2. The maximum Gasteiger partial charge on any atom is 0.273 e. The fourth-order valence-corrected chi connectivity index (χ4v) is 3.54. The summed E-state index contributed by atoms with van der Waals surface area (Å²) in [5.41, 5.74) is 7.10. The molecule has 0 bridgehead atoms. The molecule has 0 fully saturated rings. The molecule has 7 nitrogen and oxygen atoms in total. The first-order valence-corrected chi connectivity index (χ1v) is 10.3. The van der Waals surface area contributed by atoms with Crippen LogP contribution in [-0.4, -0.2) is 16.3 Å². The second-order valence-corrected chi connectivity index (χ2v) is 7.78. The second-order valence-electron chi connectivity index (χ2n) is 7.78. The number of hydrogen-bond donors (Lipinski definition) is 3. The van der Waals surface area contributed by atoms with E-state index in [4.69, 9.17) is 4.74 Å². The van der Waals surface area contributed by atoms with Gasteiger partial charge in [-0.2, -0.15) is 4.68 Å². The molecule has 0 amide bonds. The van der Waals surface area contributed by atoms with E-state index in [-0.39, 0.29) is 5.56 Å². The van der Waals surface area contributed by atoms with E-state index in [1.165, 1.54) is 10.7 Å². The van der Waals surface area contributed by atoms with Crippen LogP contribution in [0.4, 0.5) is 11.6 Å². The monoisotopic (exact) mass is 417 g/mol. The van der Waals surface area contributed by atoms with E-state index < -0.39 is 5.66 Å². The van der Waals surface area contributed by atoms with Gasteiger partial charge in [-0.05, 0) is 56.2 Å². The van der Waals surface area contributed by atoms with Crippen molar-refractivity contribution in [1.29, 1.82) is 0 Å². The van der Waals surface area contributed by atoms with Crippen LogP contribution in [0.3, 0.4) is 0 Å². The second kappa shape index (κ2) is 8.18. The third-order valence-corrected chi connectivity index (χ3v) is 5.26. The largest absolute Gasteiger partial charge is 0.494 e. The summed E-state index contributed by atoms with van der Waals surface area (Å²) in [4.78, 5) is 17.3. The number of ether oxygens (including phenoxy) is 1. The van der Waals surface area contributed by atoms with Crippen molar-refractivity contribution >= 4 is 17.2 Å². The fraction of sp³-hybridized carbons (Fsp3) is 0.250. The Balaban J connectivity index is 1.49. The van der Waals surface area contributed by atoms with Crippen molar-refractivity contribution in [3.05, 3.63) is 88.4 Å². The van der Waals surface area contributed by atoms with Crippen molar-refractivity contribution < 1.29 is 4.74 Å². The van der Waals surface area contributed by atoms with Crippen LogP contribution in [0.25, 0.3) is 5.57 Å². The average molecular weight is 418 g/mol. The van der Waals surface area contributed by atoms with Crippen LogP contribution in [0, 0.1) is 0 Å². The molecule has 1 aliphatic rings. The van der Waals surface area contributed by atoms with Gasteiger partial charge in [0.2, 0.25) is 5.95 Å². The minimum atomic E-state index is -0.645. The van der Waals surface area contributed by atoms with E-state index in [1.54, 1.807) is 0 Å². The minimum absolute atomic E-state index is 0.164. The van der Waals surface area contributed by atoms with Gasteiger partial charge in [-0.1, -0.05) is 36.4 Å². The molecule has 0 aliphatic carbocycles. The van der Waals surface area contributed by atoms with Crippen molar-refractivity contribution in [1.82, 2.24) is 9.66 Å². The van der Waals surface area contributed by atoms with Gasteiger partial charge in [0.25, 0.3) is 5.56 Å². The summed E-state index contributed by atoms with van der Waals surface area (Å²) in [6.45, 7) is 11.0.